The van der Waals surface area contributed by atoms with E-state index in [2.05, 4.69) is 4.98 Å². The fraction of sp³-hybridized carbons (Fsp3) is 0.579. The van der Waals surface area contributed by atoms with Crippen molar-refractivity contribution in [2.24, 2.45) is 0 Å². The third kappa shape index (κ3) is 3.87. The zero-order chi connectivity index (χ0) is 22.6. The lowest BCUT2D eigenvalue weighted by atomic mass is 10.00. The molecule has 0 aliphatic carbocycles. The first-order valence-corrected chi connectivity index (χ1v) is 10.7. The van der Waals surface area contributed by atoms with Gasteiger partial charge in [-0.25, -0.2) is 0 Å². The van der Waals surface area contributed by atoms with Crippen molar-refractivity contribution in [2.45, 2.75) is 51.2 Å². The summed E-state index contributed by atoms with van der Waals surface area (Å²) in [4.78, 5) is 29.3. The Balaban J connectivity index is 1.79. The molecule has 1 aromatic heterocycles. The van der Waals surface area contributed by atoms with Crippen molar-refractivity contribution in [3.63, 3.8) is 0 Å². The SMILES string of the molecule is CCc1c(C(F)(F)F)cc([N+](=O)[O-])c2sc(N3CCC4(CC3)OC[C@H](C)O4)nc(=O)c12. The number of nitro groups is 1. The first kappa shape index (κ1) is 21.9. The molecule has 4 rings (SSSR count). The minimum atomic E-state index is -4.82. The second-order valence-corrected chi connectivity index (χ2v) is 8.65. The highest BCUT2D eigenvalue weighted by molar-refractivity contribution is 7.22. The van der Waals surface area contributed by atoms with E-state index < -0.39 is 33.7 Å². The highest BCUT2D eigenvalue weighted by atomic mass is 32.1. The summed E-state index contributed by atoms with van der Waals surface area (Å²) in [6.07, 6.45) is -3.90. The molecule has 1 atom stereocenters. The zero-order valence-corrected chi connectivity index (χ0v) is 17.6. The molecular weight excluding hydrogens is 439 g/mol. The topological polar surface area (TPSA) is 94.8 Å². The third-order valence-corrected chi connectivity index (χ3v) is 6.77. The number of hydrogen-bond donors (Lipinski definition) is 0. The summed E-state index contributed by atoms with van der Waals surface area (Å²) >= 11 is 0.867. The van der Waals surface area contributed by atoms with Gasteiger partial charge >= 0.3 is 6.18 Å². The van der Waals surface area contributed by atoms with Gasteiger partial charge in [0, 0.05) is 32.0 Å². The molecule has 2 aliphatic heterocycles. The summed E-state index contributed by atoms with van der Waals surface area (Å²) in [5, 5.41) is 11.5. The fourth-order valence-corrected chi connectivity index (χ4v) is 5.34. The number of piperidine rings is 1. The number of anilines is 1. The Kier molecular flexibility index (Phi) is 5.42. The lowest BCUT2D eigenvalue weighted by Gasteiger charge is -2.38. The molecule has 1 spiro atoms. The van der Waals surface area contributed by atoms with Crippen LogP contribution in [0.1, 0.15) is 37.8 Å². The molecule has 1 aromatic carbocycles. The van der Waals surface area contributed by atoms with Crippen LogP contribution in [0.2, 0.25) is 0 Å². The summed E-state index contributed by atoms with van der Waals surface area (Å²) in [6, 6.07) is 0.522. The number of aryl methyl sites for hydroxylation is 1. The summed E-state index contributed by atoms with van der Waals surface area (Å²) in [7, 11) is 0. The summed E-state index contributed by atoms with van der Waals surface area (Å²) in [5.41, 5.74) is -3.07. The van der Waals surface area contributed by atoms with Crippen LogP contribution in [0.4, 0.5) is 24.0 Å². The number of benzene rings is 1. The second kappa shape index (κ2) is 7.68. The number of hydrogen-bond acceptors (Lipinski definition) is 8. The molecule has 2 fully saturated rings. The molecule has 3 heterocycles. The maximum atomic E-state index is 13.5. The molecule has 12 heteroatoms. The van der Waals surface area contributed by atoms with Crippen molar-refractivity contribution in [3.8, 4) is 0 Å². The predicted octanol–water partition coefficient (Wildman–Crippen LogP) is 3.88. The standard InChI is InChI=1S/C19H20F3N3O5S/c1-3-11-12(19(20,21)22)8-13(25(27)28)15-14(11)16(26)23-17(31-15)24-6-4-18(5-7-24)29-9-10(2)30-18/h8,10H,3-7,9H2,1-2H3/t10-/m0/s1. The van der Waals surface area contributed by atoms with E-state index in [4.69, 9.17) is 9.47 Å². The molecule has 0 unspecified atom stereocenters. The third-order valence-electron chi connectivity index (χ3n) is 5.62. The van der Waals surface area contributed by atoms with Gasteiger partial charge in [-0.15, -0.1) is 0 Å². The Bertz CT molecular complexity index is 1100. The van der Waals surface area contributed by atoms with E-state index in [1.165, 1.54) is 6.92 Å². The Morgan fingerprint density at radius 2 is 2.06 bits per heavy atom. The molecule has 31 heavy (non-hydrogen) atoms. The Morgan fingerprint density at radius 3 is 2.58 bits per heavy atom. The highest BCUT2D eigenvalue weighted by Crippen LogP contribution is 2.42. The van der Waals surface area contributed by atoms with Gasteiger partial charge in [0.15, 0.2) is 10.9 Å². The lowest BCUT2D eigenvalue weighted by Crippen LogP contribution is -2.45. The highest BCUT2D eigenvalue weighted by Gasteiger charge is 2.43. The van der Waals surface area contributed by atoms with Crippen molar-refractivity contribution in [2.75, 3.05) is 24.6 Å². The van der Waals surface area contributed by atoms with Gasteiger partial charge in [-0.05, 0) is 18.9 Å². The van der Waals surface area contributed by atoms with Gasteiger partial charge in [-0.1, -0.05) is 18.3 Å². The largest absolute Gasteiger partial charge is 0.416 e. The van der Waals surface area contributed by atoms with Crippen molar-refractivity contribution in [1.82, 2.24) is 4.98 Å². The van der Waals surface area contributed by atoms with Gasteiger partial charge in [0.25, 0.3) is 11.2 Å². The van der Waals surface area contributed by atoms with Gasteiger partial charge in [0.2, 0.25) is 0 Å². The molecule has 0 N–H and O–H groups in total. The van der Waals surface area contributed by atoms with E-state index >= 15 is 0 Å². The number of nitrogens with zero attached hydrogens (tertiary/aromatic N) is 3. The van der Waals surface area contributed by atoms with Crippen LogP contribution in [0, 0.1) is 10.1 Å². The van der Waals surface area contributed by atoms with Crippen LogP contribution in [-0.4, -0.2) is 41.5 Å². The van der Waals surface area contributed by atoms with Crippen LogP contribution in [0.3, 0.4) is 0 Å². The minimum absolute atomic E-state index is 0.0145. The zero-order valence-electron chi connectivity index (χ0n) is 16.8. The van der Waals surface area contributed by atoms with Crippen molar-refractivity contribution < 1.29 is 27.6 Å². The average molecular weight is 459 g/mol. The molecular formula is C19H20F3N3O5S. The van der Waals surface area contributed by atoms with Crippen molar-refractivity contribution >= 4 is 32.2 Å². The summed E-state index contributed by atoms with van der Waals surface area (Å²) in [6.45, 7) is 4.76. The molecule has 168 valence electrons. The van der Waals surface area contributed by atoms with E-state index in [1.807, 2.05) is 6.92 Å². The van der Waals surface area contributed by atoms with Gasteiger partial charge in [-0.2, -0.15) is 18.2 Å². The predicted molar refractivity (Wildman–Crippen MR) is 108 cm³/mol. The van der Waals surface area contributed by atoms with E-state index in [0.717, 1.165) is 11.3 Å². The smallest absolute Gasteiger partial charge is 0.348 e. The fourth-order valence-electron chi connectivity index (χ4n) is 4.17. The molecule has 0 saturated carbocycles. The second-order valence-electron chi connectivity index (χ2n) is 7.67. The molecule has 8 nitrogen and oxygen atoms in total. The van der Waals surface area contributed by atoms with E-state index in [1.54, 1.807) is 4.90 Å². The van der Waals surface area contributed by atoms with Crippen LogP contribution < -0.4 is 10.5 Å². The first-order chi connectivity index (χ1) is 14.5. The Morgan fingerprint density at radius 1 is 1.39 bits per heavy atom. The Hall–Kier alpha value is -2.31. The molecule has 0 radical (unpaired) electrons. The maximum Gasteiger partial charge on any atom is 0.416 e. The van der Waals surface area contributed by atoms with E-state index in [0.29, 0.717) is 38.6 Å². The van der Waals surface area contributed by atoms with Crippen molar-refractivity contribution in [1.29, 1.82) is 0 Å². The average Bonchev–Trinajstić information content (AvgIpc) is 3.06. The number of halogens is 3. The van der Waals surface area contributed by atoms with Crippen LogP contribution in [0.15, 0.2) is 10.9 Å². The molecule has 0 bridgehead atoms. The van der Waals surface area contributed by atoms with Gasteiger partial charge in [0.1, 0.15) is 4.70 Å². The van der Waals surface area contributed by atoms with Gasteiger partial charge in [-0.3, -0.25) is 14.9 Å². The number of nitro benzene ring substituents is 1. The minimum Gasteiger partial charge on any atom is -0.348 e. The maximum absolute atomic E-state index is 13.5. The normalized spacial score (nSPS) is 21.2. The first-order valence-electron chi connectivity index (χ1n) is 9.83. The number of aromatic nitrogens is 1. The molecule has 2 saturated heterocycles. The monoisotopic (exact) mass is 459 g/mol. The molecule has 2 aliphatic rings. The number of ether oxygens (including phenoxy) is 2. The van der Waals surface area contributed by atoms with Crippen molar-refractivity contribution in [3.05, 3.63) is 37.7 Å². The lowest BCUT2D eigenvalue weighted by molar-refractivity contribution is -0.383. The van der Waals surface area contributed by atoms with Crippen LogP contribution in [-0.2, 0) is 22.1 Å². The molecule has 2 aromatic rings. The van der Waals surface area contributed by atoms with E-state index in [-0.39, 0.29) is 33.3 Å². The number of alkyl halides is 3. The molecule has 0 amide bonds. The summed E-state index contributed by atoms with van der Waals surface area (Å²) < 4.78 is 52.1. The number of rotatable bonds is 3. The summed E-state index contributed by atoms with van der Waals surface area (Å²) in [5.74, 6) is -0.680. The van der Waals surface area contributed by atoms with Gasteiger partial charge < -0.3 is 14.4 Å². The Labute approximate surface area is 178 Å². The van der Waals surface area contributed by atoms with E-state index in [9.17, 15) is 28.1 Å². The van der Waals surface area contributed by atoms with Crippen LogP contribution in [0.25, 0.3) is 10.1 Å². The number of fused-ring (bicyclic) bond motifs is 1. The quantitative estimate of drug-likeness (QED) is 0.508. The van der Waals surface area contributed by atoms with Crippen LogP contribution >= 0.6 is 11.3 Å². The number of non-ortho nitro benzene ring substituents is 1. The van der Waals surface area contributed by atoms with Gasteiger partial charge in [0.05, 0.1) is 28.6 Å². The van der Waals surface area contributed by atoms with Crippen LogP contribution in [0.5, 0.6) is 0 Å².